The van der Waals surface area contributed by atoms with Crippen LogP contribution in [-0.4, -0.2) is 68.7 Å². The number of benzene rings is 1. The minimum absolute atomic E-state index is 0.0248. The molecule has 2 aromatic heterocycles. The molecule has 1 aliphatic heterocycles. The van der Waals surface area contributed by atoms with E-state index in [4.69, 9.17) is 29.0 Å². The Morgan fingerprint density at radius 2 is 2.05 bits per heavy atom. The summed E-state index contributed by atoms with van der Waals surface area (Å²) in [4.78, 5) is 24.8. The van der Waals surface area contributed by atoms with Crippen molar-refractivity contribution in [2.24, 2.45) is 5.41 Å². The minimum Gasteiger partial charge on any atom is -0.476 e. The quantitative estimate of drug-likeness (QED) is 0.200. The van der Waals surface area contributed by atoms with Crippen molar-refractivity contribution >= 4 is 30.8 Å². The van der Waals surface area contributed by atoms with Gasteiger partial charge in [-0.3, -0.25) is 13.9 Å². The van der Waals surface area contributed by atoms with E-state index in [0.29, 0.717) is 0 Å². The summed E-state index contributed by atoms with van der Waals surface area (Å²) in [6.45, 7) is 6.04. The Labute approximate surface area is 240 Å². The van der Waals surface area contributed by atoms with E-state index in [0.717, 1.165) is 12.1 Å². The lowest BCUT2D eigenvalue weighted by molar-refractivity contribution is -0.144. The van der Waals surface area contributed by atoms with E-state index in [1.165, 1.54) is 36.9 Å². The van der Waals surface area contributed by atoms with Crippen LogP contribution >= 0.6 is 7.75 Å². The summed E-state index contributed by atoms with van der Waals surface area (Å²) >= 11 is 0. The highest BCUT2D eigenvalue weighted by molar-refractivity contribution is 7.52. The average molecular weight is 608 g/mol. The number of nitriles is 1. The molecular formula is C25H31FN7O8P. The number of nitrogens with zero attached hydrogens (tertiary/aromatic N) is 5. The molecule has 3 heterocycles. The van der Waals surface area contributed by atoms with Gasteiger partial charge in [0, 0.05) is 0 Å². The second-order valence-electron chi connectivity index (χ2n) is 9.45. The Bertz CT molecular complexity index is 1520. The third-order valence-electron chi connectivity index (χ3n) is 6.40. The van der Waals surface area contributed by atoms with Crippen molar-refractivity contribution < 1.29 is 42.1 Å². The van der Waals surface area contributed by atoms with Crippen molar-refractivity contribution in [1.82, 2.24) is 24.6 Å². The van der Waals surface area contributed by atoms with Crippen LogP contribution in [0.3, 0.4) is 0 Å². The second-order valence-corrected chi connectivity index (χ2v) is 11.1. The molecule has 15 nitrogen and oxygen atoms in total. The van der Waals surface area contributed by atoms with Crippen LogP contribution in [0.15, 0.2) is 30.6 Å². The van der Waals surface area contributed by atoms with Crippen molar-refractivity contribution in [1.29, 1.82) is 5.26 Å². The van der Waals surface area contributed by atoms with Gasteiger partial charge >= 0.3 is 13.7 Å². The van der Waals surface area contributed by atoms with Gasteiger partial charge in [0.1, 0.15) is 35.2 Å². The highest BCUT2D eigenvalue weighted by atomic mass is 31.2. The van der Waals surface area contributed by atoms with E-state index < -0.39 is 56.0 Å². The molecule has 17 heteroatoms. The highest BCUT2D eigenvalue weighted by Crippen LogP contribution is 2.49. The zero-order chi connectivity index (χ0) is 30.7. The number of hydrogen-bond acceptors (Lipinski definition) is 13. The predicted octanol–water partition coefficient (Wildman–Crippen LogP) is 2.48. The monoisotopic (exact) mass is 607 g/mol. The zero-order valence-electron chi connectivity index (χ0n) is 23.3. The Kier molecular flexibility index (Phi) is 9.29. The van der Waals surface area contributed by atoms with Gasteiger partial charge in [0.25, 0.3) is 0 Å². The van der Waals surface area contributed by atoms with E-state index in [2.05, 4.69) is 26.1 Å². The summed E-state index contributed by atoms with van der Waals surface area (Å²) in [5, 5.41) is 23.8. The molecule has 4 N–H and O–H groups in total. The van der Waals surface area contributed by atoms with Crippen molar-refractivity contribution in [3.8, 4) is 17.7 Å². The smallest absolute Gasteiger partial charge is 0.459 e. The number of ether oxygens (including phenoxy) is 3. The normalized spacial score (nSPS) is 24.1. The van der Waals surface area contributed by atoms with E-state index in [9.17, 15) is 24.1 Å². The number of carbonyl (C=O) groups is 1. The first-order chi connectivity index (χ1) is 19.9. The fourth-order valence-corrected chi connectivity index (χ4v) is 5.79. The number of aromatic nitrogens is 4. The lowest BCUT2D eigenvalue weighted by Gasteiger charge is -2.26. The molecule has 3 aromatic rings. The van der Waals surface area contributed by atoms with Gasteiger partial charge in [0.05, 0.1) is 32.2 Å². The highest BCUT2D eigenvalue weighted by Gasteiger charge is 2.56. The molecule has 42 heavy (non-hydrogen) atoms. The van der Waals surface area contributed by atoms with Gasteiger partial charge in [0.2, 0.25) is 11.8 Å². The molecule has 0 amide bonds. The van der Waals surface area contributed by atoms with Crippen LogP contribution in [0.5, 0.6) is 11.6 Å². The van der Waals surface area contributed by atoms with E-state index in [1.807, 2.05) is 0 Å². The number of carbonyl (C=O) groups excluding carboxylic acids is 1. The molecule has 1 aliphatic rings. The number of esters is 1. The zero-order valence-corrected chi connectivity index (χ0v) is 24.2. The predicted molar refractivity (Wildman–Crippen MR) is 144 cm³/mol. The van der Waals surface area contributed by atoms with Gasteiger partial charge in [0.15, 0.2) is 17.4 Å². The van der Waals surface area contributed by atoms with Gasteiger partial charge in [-0.2, -0.15) is 20.3 Å². The molecule has 0 radical (unpaired) electrons. The van der Waals surface area contributed by atoms with Gasteiger partial charge in [-0.05, 0) is 52.0 Å². The number of fused-ring (bicyclic) bond motifs is 1. The molecule has 0 saturated carbocycles. The number of anilines is 1. The molecule has 1 unspecified atom stereocenters. The lowest BCUT2D eigenvalue weighted by Crippen LogP contribution is -2.39. The largest absolute Gasteiger partial charge is 0.476 e. The Hall–Kier alpha value is -3.87. The first-order valence-electron chi connectivity index (χ1n) is 13.0. The molecule has 1 saturated heterocycles. The molecule has 1 fully saturated rings. The number of hydrogen-bond donors (Lipinski definition) is 3. The number of nitrogens with two attached hydrogens (primary N) is 1. The Morgan fingerprint density at radius 1 is 1.33 bits per heavy atom. The SMILES string of the molecule is CCOC(=O)[C@H](C)NP(=O)(OC[C@H]1O[C@@H](n2cnc3c(OCC)nc(N)nc32)[C@](C)(C#N)[C@@H]1O)Oc1ccc(F)cc1. The Morgan fingerprint density at radius 3 is 2.69 bits per heavy atom. The van der Waals surface area contributed by atoms with Crippen LogP contribution in [0.4, 0.5) is 10.3 Å². The van der Waals surface area contributed by atoms with Crippen LogP contribution in [0.1, 0.15) is 33.9 Å². The number of imidazole rings is 1. The van der Waals surface area contributed by atoms with E-state index in [1.54, 1.807) is 13.8 Å². The first-order valence-corrected chi connectivity index (χ1v) is 14.5. The standard InChI is InChI=1S/C25H31FN7O8P/c1-5-37-21-18-20(30-24(28)31-21)33(13-29-18)23-25(4,12-27)19(34)17(40-23)11-39-42(36,32-14(3)22(35)38-6-2)41-16-9-7-15(26)8-10-16/h7-10,13-14,17,19,23,34H,5-6,11H2,1-4H3,(H,32,36)(H2,28,30,31)/t14-,17+,19+,23+,25+,42?/m0/s1. The van der Waals surface area contributed by atoms with Gasteiger partial charge in [-0.15, -0.1) is 0 Å². The summed E-state index contributed by atoms with van der Waals surface area (Å²) in [5.74, 6) is -1.27. The molecular weight excluding hydrogens is 576 g/mol. The molecule has 6 atom stereocenters. The van der Waals surface area contributed by atoms with E-state index >= 15 is 0 Å². The summed E-state index contributed by atoms with van der Waals surface area (Å²) in [6.07, 6.45) is -2.48. The van der Waals surface area contributed by atoms with Gasteiger partial charge in [-0.25, -0.2) is 13.9 Å². The second kappa shape index (κ2) is 12.6. The molecule has 0 spiro atoms. The van der Waals surface area contributed by atoms with Crippen LogP contribution < -0.4 is 20.1 Å². The Balaban J connectivity index is 1.61. The molecule has 1 aromatic carbocycles. The van der Waals surface area contributed by atoms with Crippen LogP contribution in [-0.2, 0) is 23.4 Å². The summed E-state index contributed by atoms with van der Waals surface area (Å²) < 4.78 is 56.3. The fourth-order valence-electron chi connectivity index (χ4n) is 4.29. The molecule has 4 rings (SSSR count). The van der Waals surface area contributed by atoms with Crippen molar-refractivity contribution in [2.75, 3.05) is 25.6 Å². The molecule has 0 aliphatic carbocycles. The van der Waals surface area contributed by atoms with Gasteiger partial charge < -0.3 is 29.6 Å². The van der Waals surface area contributed by atoms with E-state index in [-0.39, 0.29) is 42.0 Å². The maximum atomic E-state index is 13.8. The van der Waals surface area contributed by atoms with Crippen molar-refractivity contribution in [2.45, 2.75) is 52.2 Å². The first kappa shape index (κ1) is 31.1. The number of aliphatic hydroxyl groups is 1. The number of rotatable bonds is 12. The van der Waals surface area contributed by atoms with Crippen LogP contribution in [0, 0.1) is 22.6 Å². The summed E-state index contributed by atoms with van der Waals surface area (Å²) in [7, 11) is -4.38. The van der Waals surface area contributed by atoms with Crippen LogP contribution in [0.25, 0.3) is 11.2 Å². The number of aliphatic hydroxyl groups excluding tert-OH is 1. The third kappa shape index (κ3) is 6.30. The molecule has 0 bridgehead atoms. The van der Waals surface area contributed by atoms with Crippen molar-refractivity contribution in [3.63, 3.8) is 0 Å². The summed E-state index contributed by atoms with van der Waals surface area (Å²) in [5.41, 5.74) is 4.75. The average Bonchev–Trinajstić information content (AvgIpc) is 3.47. The minimum atomic E-state index is -4.38. The third-order valence-corrected chi connectivity index (χ3v) is 8.05. The lowest BCUT2D eigenvalue weighted by atomic mass is 9.84. The van der Waals surface area contributed by atoms with Gasteiger partial charge in [-0.1, -0.05) is 0 Å². The fraction of sp³-hybridized carbons (Fsp3) is 0.480. The topological polar surface area (TPSA) is 206 Å². The number of nitrogens with one attached hydrogen (secondary N) is 1. The molecule has 226 valence electrons. The number of halogens is 1. The van der Waals surface area contributed by atoms with Crippen LogP contribution in [0.2, 0.25) is 0 Å². The number of nitrogen functional groups attached to an aromatic ring is 1. The maximum absolute atomic E-state index is 13.8. The summed E-state index contributed by atoms with van der Waals surface area (Å²) in [6, 6.07) is 5.57. The maximum Gasteiger partial charge on any atom is 0.459 e. The van der Waals surface area contributed by atoms with Crippen molar-refractivity contribution in [3.05, 3.63) is 36.4 Å².